The summed E-state index contributed by atoms with van der Waals surface area (Å²) in [7, 11) is 0. The lowest BCUT2D eigenvalue weighted by atomic mass is 9.79. The maximum atomic E-state index is 10.2. The molecule has 0 amide bonds. The first-order valence-corrected chi connectivity index (χ1v) is 10.2. The predicted molar refractivity (Wildman–Crippen MR) is 101 cm³/mol. The number of unbranched alkanes of at least 4 members (excludes halogenated alkanes) is 11. The third-order valence-electron chi connectivity index (χ3n) is 5.16. The molecular weight excluding hydrogens is 292 g/mol. The first-order valence-electron chi connectivity index (χ1n) is 9.78. The van der Waals surface area contributed by atoms with E-state index in [1.165, 1.54) is 77.0 Å². The smallest absolute Gasteiger partial charge is 0.143 e. The van der Waals surface area contributed by atoms with E-state index in [-0.39, 0.29) is 5.41 Å². The first kappa shape index (κ1) is 22.2. The second-order valence-corrected chi connectivity index (χ2v) is 8.26. The first-order chi connectivity index (χ1) is 10.4. The van der Waals surface area contributed by atoms with Crippen molar-refractivity contribution in [2.24, 2.45) is 5.41 Å². The van der Waals surface area contributed by atoms with Crippen LogP contribution in [0.4, 0.5) is 0 Å². The highest BCUT2D eigenvalue weighted by Crippen LogP contribution is 2.41. The van der Waals surface area contributed by atoms with E-state index >= 15 is 0 Å². The molecule has 0 aliphatic carbocycles. The molecule has 1 unspecified atom stereocenters. The number of hydrogen-bond donors (Lipinski definition) is 1. The van der Waals surface area contributed by atoms with Crippen molar-refractivity contribution in [3.05, 3.63) is 0 Å². The molecule has 0 saturated carbocycles. The fraction of sp³-hybridized carbons (Fsp3) is 1.00. The third-order valence-corrected chi connectivity index (χ3v) is 5.94. The zero-order valence-corrected chi connectivity index (χ0v) is 16.5. The molecule has 1 N–H and O–H groups in total. The Morgan fingerprint density at radius 1 is 0.682 bits per heavy atom. The summed E-state index contributed by atoms with van der Waals surface area (Å²) in [6.07, 6.45) is 18.0. The summed E-state index contributed by atoms with van der Waals surface area (Å²) in [5, 5.41) is 9.14. The summed E-state index contributed by atoms with van der Waals surface area (Å²) in [6, 6.07) is 0. The molecule has 0 aromatic carbocycles. The molecule has 0 fully saturated rings. The lowest BCUT2D eigenvalue weighted by molar-refractivity contribution is -0.00150. The van der Waals surface area contributed by atoms with E-state index in [4.69, 9.17) is 11.6 Å². The van der Waals surface area contributed by atoms with E-state index in [0.717, 1.165) is 6.42 Å². The quantitative estimate of drug-likeness (QED) is 0.244. The highest BCUT2D eigenvalue weighted by atomic mass is 35.5. The molecule has 22 heavy (non-hydrogen) atoms. The summed E-state index contributed by atoms with van der Waals surface area (Å²) in [5.74, 6) is 0. The molecule has 134 valence electrons. The van der Waals surface area contributed by atoms with Gasteiger partial charge in [-0.05, 0) is 12.8 Å². The fourth-order valence-corrected chi connectivity index (χ4v) is 3.17. The molecule has 2 heteroatoms. The molecule has 0 aliphatic heterocycles. The van der Waals surface area contributed by atoms with Crippen molar-refractivity contribution in [1.29, 1.82) is 0 Å². The van der Waals surface area contributed by atoms with Crippen LogP contribution in [0.15, 0.2) is 0 Å². The molecule has 0 rings (SSSR count). The molecule has 0 spiro atoms. The van der Waals surface area contributed by atoms with E-state index in [1.54, 1.807) is 0 Å². The van der Waals surface area contributed by atoms with Crippen molar-refractivity contribution in [3.63, 3.8) is 0 Å². The summed E-state index contributed by atoms with van der Waals surface area (Å²) in [6.45, 7) is 8.40. The van der Waals surface area contributed by atoms with E-state index < -0.39 is 5.06 Å². The van der Waals surface area contributed by atoms with Gasteiger partial charge in [-0.3, -0.25) is 0 Å². The van der Waals surface area contributed by atoms with E-state index in [2.05, 4.69) is 20.8 Å². The number of aliphatic hydroxyl groups is 1. The van der Waals surface area contributed by atoms with Crippen molar-refractivity contribution >= 4 is 11.6 Å². The van der Waals surface area contributed by atoms with Crippen LogP contribution < -0.4 is 0 Å². The average Bonchev–Trinajstić information content (AvgIpc) is 2.48. The van der Waals surface area contributed by atoms with Gasteiger partial charge in [-0.2, -0.15) is 0 Å². The second-order valence-electron chi connectivity index (χ2n) is 7.64. The Hall–Kier alpha value is 0.250. The number of rotatable bonds is 15. The maximum absolute atomic E-state index is 10.2. The van der Waals surface area contributed by atoms with Crippen LogP contribution in [0.5, 0.6) is 0 Å². The van der Waals surface area contributed by atoms with Gasteiger partial charge in [-0.25, -0.2) is 0 Å². The molecule has 0 radical (unpaired) electrons. The van der Waals surface area contributed by atoms with Crippen LogP contribution in [0.3, 0.4) is 0 Å². The topological polar surface area (TPSA) is 20.2 Å². The lowest BCUT2D eigenvalue weighted by Crippen LogP contribution is -2.38. The van der Waals surface area contributed by atoms with Gasteiger partial charge in [0.2, 0.25) is 0 Å². The van der Waals surface area contributed by atoms with Crippen LogP contribution in [0.25, 0.3) is 0 Å². The van der Waals surface area contributed by atoms with Gasteiger partial charge >= 0.3 is 0 Å². The Kier molecular flexibility index (Phi) is 12.8. The van der Waals surface area contributed by atoms with Crippen LogP contribution in [-0.2, 0) is 0 Å². The molecule has 0 aromatic rings. The number of halogens is 1. The van der Waals surface area contributed by atoms with Crippen molar-refractivity contribution in [2.45, 2.75) is 123 Å². The second kappa shape index (κ2) is 12.6. The Bertz CT molecular complexity index is 248. The SMILES string of the molecule is CCCCCCCCCCCCCCC(C)(C)C(O)(Cl)CC. The van der Waals surface area contributed by atoms with Crippen molar-refractivity contribution in [3.8, 4) is 0 Å². The van der Waals surface area contributed by atoms with E-state index in [1.807, 2.05) is 6.92 Å². The molecule has 0 heterocycles. The summed E-state index contributed by atoms with van der Waals surface area (Å²) in [5.41, 5.74) is -0.193. The molecule has 0 saturated heterocycles. The van der Waals surface area contributed by atoms with Crippen LogP contribution in [0.1, 0.15) is 118 Å². The predicted octanol–water partition coefficient (Wildman–Crippen LogP) is 7.44. The van der Waals surface area contributed by atoms with E-state index in [0.29, 0.717) is 6.42 Å². The lowest BCUT2D eigenvalue weighted by Gasteiger charge is -2.37. The van der Waals surface area contributed by atoms with Gasteiger partial charge in [0.05, 0.1) is 0 Å². The Labute approximate surface area is 145 Å². The van der Waals surface area contributed by atoms with Crippen LogP contribution in [0.2, 0.25) is 0 Å². The van der Waals surface area contributed by atoms with Crippen LogP contribution in [-0.4, -0.2) is 10.2 Å². The Morgan fingerprint density at radius 2 is 1.05 bits per heavy atom. The fourth-order valence-electron chi connectivity index (χ4n) is 3.08. The number of hydrogen-bond acceptors (Lipinski definition) is 1. The summed E-state index contributed by atoms with van der Waals surface area (Å²) < 4.78 is 0. The van der Waals surface area contributed by atoms with Crippen molar-refractivity contribution in [2.75, 3.05) is 0 Å². The molecular formula is C20H41ClO. The van der Waals surface area contributed by atoms with Gasteiger partial charge in [0, 0.05) is 5.41 Å². The Balaban J connectivity index is 3.40. The van der Waals surface area contributed by atoms with Crippen molar-refractivity contribution < 1.29 is 5.11 Å². The minimum absolute atomic E-state index is 0.193. The molecule has 1 atom stereocenters. The largest absolute Gasteiger partial charge is 0.374 e. The minimum atomic E-state index is -1.05. The Morgan fingerprint density at radius 3 is 1.41 bits per heavy atom. The molecule has 1 nitrogen and oxygen atoms in total. The van der Waals surface area contributed by atoms with Gasteiger partial charge in [0.25, 0.3) is 0 Å². The normalized spacial score (nSPS) is 15.0. The van der Waals surface area contributed by atoms with E-state index in [9.17, 15) is 5.11 Å². The van der Waals surface area contributed by atoms with Gasteiger partial charge < -0.3 is 5.11 Å². The highest BCUT2D eigenvalue weighted by molar-refractivity contribution is 6.23. The van der Waals surface area contributed by atoms with Crippen molar-refractivity contribution in [1.82, 2.24) is 0 Å². The standard InChI is InChI=1S/C20H41ClO/c1-5-7-8-9-10-11-12-13-14-15-16-17-18-19(3,4)20(21,22)6-2/h22H,5-18H2,1-4H3. The van der Waals surface area contributed by atoms with Gasteiger partial charge in [0.15, 0.2) is 0 Å². The maximum Gasteiger partial charge on any atom is 0.143 e. The zero-order chi connectivity index (χ0) is 16.9. The summed E-state index contributed by atoms with van der Waals surface area (Å²) in [4.78, 5) is 0. The molecule has 0 aliphatic rings. The molecule has 0 bridgehead atoms. The van der Waals surface area contributed by atoms with Gasteiger partial charge in [0.1, 0.15) is 5.06 Å². The zero-order valence-electron chi connectivity index (χ0n) is 15.7. The number of alkyl halides is 1. The summed E-state index contributed by atoms with van der Waals surface area (Å²) >= 11 is 6.21. The molecule has 0 aromatic heterocycles. The van der Waals surface area contributed by atoms with Gasteiger partial charge in [-0.15, -0.1) is 0 Å². The van der Waals surface area contributed by atoms with Crippen LogP contribution >= 0.6 is 11.6 Å². The van der Waals surface area contributed by atoms with Gasteiger partial charge in [-0.1, -0.05) is 116 Å². The minimum Gasteiger partial charge on any atom is -0.374 e. The highest BCUT2D eigenvalue weighted by Gasteiger charge is 2.39. The van der Waals surface area contributed by atoms with Crippen LogP contribution in [0, 0.1) is 5.41 Å². The third kappa shape index (κ3) is 10.1. The average molecular weight is 333 g/mol. The monoisotopic (exact) mass is 332 g/mol.